The van der Waals surface area contributed by atoms with E-state index in [9.17, 15) is 0 Å². The van der Waals surface area contributed by atoms with E-state index in [1.165, 1.54) is 11.3 Å². The molecule has 1 heterocycles. The molecule has 3 heteroatoms. The molecular weight excluding hydrogens is 198 g/mol. The van der Waals surface area contributed by atoms with E-state index in [1.807, 2.05) is 24.4 Å². The molecule has 3 N–H and O–H groups in total. The summed E-state index contributed by atoms with van der Waals surface area (Å²) < 4.78 is 0. The SMILES string of the molecule is CN(Cc1ccc(N)cc1)Cc1ccc[nH]1. The van der Waals surface area contributed by atoms with E-state index >= 15 is 0 Å². The highest BCUT2D eigenvalue weighted by molar-refractivity contribution is 5.39. The maximum Gasteiger partial charge on any atom is 0.0385 e. The zero-order chi connectivity index (χ0) is 11.4. The lowest BCUT2D eigenvalue weighted by atomic mass is 10.2. The van der Waals surface area contributed by atoms with Gasteiger partial charge in [-0.2, -0.15) is 0 Å². The summed E-state index contributed by atoms with van der Waals surface area (Å²) in [5.41, 5.74) is 8.98. The van der Waals surface area contributed by atoms with Gasteiger partial charge in [0, 0.05) is 30.7 Å². The van der Waals surface area contributed by atoms with Gasteiger partial charge in [0.15, 0.2) is 0 Å². The van der Waals surface area contributed by atoms with Crippen molar-refractivity contribution in [2.75, 3.05) is 12.8 Å². The van der Waals surface area contributed by atoms with E-state index in [4.69, 9.17) is 5.73 Å². The van der Waals surface area contributed by atoms with Crippen molar-refractivity contribution in [2.24, 2.45) is 0 Å². The second-order valence-corrected chi connectivity index (χ2v) is 4.11. The molecule has 0 unspecified atom stereocenters. The van der Waals surface area contributed by atoms with Crippen LogP contribution in [-0.2, 0) is 13.1 Å². The van der Waals surface area contributed by atoms with Gasteiger partial charge >= 0.3 is 0 Å². The van der Waals surface area contributed by atoms with Crippen LogP contribution >= 0.6 is 0 Å². The Morgan fingerprint density at radius 2 is 1.88 bits per heavy atom. The third kappa shape index (κ3) is 2.87. The van der Waals surface area contributed by atoms with Crippen LogP contribution in [0.4, 0.5) is 5.69 Å². The number of nitrogen functional groups attached to an aromatic ring is 1. The van der Waals surface area contributed by atoms with Crippen LogP contribution in [0.2, 0.25) is 0 Å². The van der Waals surface area contributed by atoms with Gasteiger partial charge in [-0.15, -0.1) is 0 Å². The van der Waals surface area contributed by atoms with Gasteiger partial charge in [0.25, 0.3) is 0 Å². The standard InChI is InChI=1S/C13H17N3/c1-16(10-13-3-2-8-15-13)9-11-4-6-12(14)7-5-11/h2-8,15H,9-10,14H2,1H3. The molecule has 0 saturated carbocycles. The van der Waals surface area contributed by atoms with Crippen LogP contribution in [0.1, 0.15) is 11.3 Å². The first-order valence-electron chi connectivity index (χ1n) is 5.39. The molecule has 84 valence electrons. The van der Waals surface area contributed by atoms with Gasteiger partial charge in [-0.1, -0.05) is 12.1 Å². The van der Waals surface area contributed by atoms with Crippen LogP contribution in [-0.4, -0.2) is 16.9 Å². The van der Waals surface area contributed by atoms with Crippen LogP contribution in [0.25, 0.3) is 0 Å². The predicted molar refractivity (Wildman–Crippen MR) is 66.8 cm³/mol. The van der Waals surface area contributed by atoms with Crippen molar-refractivity contribution in [3.05, 3.63) is 53.9 Å². The molecule has 0 aliphatic carbocycles. The Morgan fingerprint density at radius 3 is 2.50 bits per heavy atom. The lowest BCUT2D eigenvalue weighted by molar-refractivity contribution is 0.316. The lowest BCUT2D eigenvalue weighted by Crippen LogP contribution is -2.17. The number of nitrogens with zero attached hydrogens (tertiary/aromatic N) is 1. The van der Waals surface area contributed by atoms with Crippen molar-refractivity contribution in [1.82, 2.24) is 9.88 Å². The molecule has 0 fully saturated rings. The Balaban J connectivity index is 1.92. The molecule has 0 amide bonds. The maximum atomic E-state index is 5.65. The summed E-state index contributed by atoms with van der Waals surface area (Å²) in [5, 5.41) is 0. The Hall–Kier alpha value is -1.74. The normalized spacial score (nSPS) is 10.9. The number of aromatic nitrogens is 1. The molecule has 0 aliphatic rings. The van der Waals surface area contributed by atoms with Gasteiger partial charge in [-0.3, -0.25) is 4.90 Å². The van der Waals surface area contributed by atoms with Crippen molar-refractivity contribution in [1.29, 1.82) is 0 Å². The minimum absolute atomic E-state index is 0.816. The van der Waals surface area contributed by atoms with Gasteiger partial charge in [0.05, 0.1) is 0 Å². The van der Waals surface area contributed by atoms with Gasteiger partial charge in [0.2, 0.25) is 0 Å². The number of rotatable bonds is 4. The average molecular weight is 215 g/mol. The Bertz CT molecular complexity index is 417. The third-order valence-corrected chi connectivity index (χ3v) is 2.53. The molecular formula is C13H17N3. The molecule has 0 aliphatic heterocycles. The van der Waals surface area contributed by atoms with Gasteiger partial charge in [-0.25, -0.2) is 0 Å². The van der Waals surface area contributed by atoms with Gasteiger partial charge < -0.3 is 10.7 Å². The molecule has 3 nitrogen and oxygen atoms in total. The first-order valence-corrected chi connectivity index (χ1v) is 5.39. The minimum atomic E-state index is 0.816. The number of nitrogens with two attached hydrogens (primary N) is 1. The summed E-state index contributed by atoms with van der Waals surface area (Å²) >= 11 is 0. The van der Waals surface area contributed by atoms with Gasteiger partial charge in [0.1, 0.15) is 0 Å². The van der Waals surface area contributed by atoms with E-state index in [0.717, 1.165) is 18.8 Å². The first kappa shape index (κ1) is 10.8. The summed E-state index contributed by atoms with van der Waals surface area (Å²) in [6, 6.07) is 12.1. The second kappa shape index (κ2) is 4.86. The summed E-state index contributed by atoms with van der Waals surface area (Å²) in [6.07, 6.45) is 1.95. The predicted octanol–water partition coefficient (Wildman–Crippen LogP) is 2.23. The molecule has 2 rings (SSSR count). The van der Waals surface area contributed by atoms with Crippen molar-refractivity contribution in [3.63, 3.8) is 0 Å². The van der Waals surface area contributed by atoms with Crippen molar-refractivity contribution >= 4 is 5.69 Å². The molecule has 0 atom stereocenters. The van der Waals surface area contributed by atoms with Gasteiger partial charge in [-0.05, 0) is 36.9 Å². The van der Waals surface area contributed by atoms with Crippen LogP contribution in [0.5, 0.6) is 0 Å². The number of aromatic amines is 1. The minimum Gasteiger partial charge on any atom is -0.399 e. The molecule has 0 radical (unpaired) electrons. The molecule has 16 heavy (non-hydrogen) atoms. The number of H-pyrrole nitrogens is 1. The van der Waals surface area contributed by atoms with Crippen molar-refractivity contribution in [3.8, 4) is 0 Å². The topological polar surface area (TPSA) is 45.0 Å². The molecule has 1 aromatic carbocycles. The number of anilines is 1. The van der Waals surface area contributed by atoms with Crippen LogP contribution in [0.3, 0.4) is 0 Å². The second-order valence-electron chi connectivity index (χ2n) is 4.11. The Labute approximate surface area is 95.9 Å². The zero-order valence-electron chi connectivity index (χ0n) is 9.48. The van der Waals surface area contributed by atoms with E-state index < -0.39 is 0 Å². The van der Waals surface area contributed by atoms with E-state index in [2.05, 4.69) is 35.1 Å². The molecule has 0 bridgehead atoms. The quantitative estimate of drug-likeness (QED) is 0.768. The molecule has 0 saturated heterocycles. The summed E-state index contributed by atoms with van der Waals surface area (Å²) in [4.78, 5) is 5.46. The summed E-state index contributed by atoms with van der Waals surface area (Å²) in [7, 11) is 2.11. The fraction of sp³-hybridized carbons (Fsp3) is 0.231. The highest BCUT2D eigenvalue weighted by atomic mass is 15.1. The fourth-order valence-electron chi connectivity index (χ4n) is 1.75. The summed E-state index contributed by atoms with van der Waals surface area (Å²) in [6.45, 7) is 1.86. The number of hydrogen-bond donors (Lipinski definition) is 2. The molecule has 2 aromatic rings. The van der Waals surface area contributed by atoms with E-state index in [1.54, 1.807) is 0 Å². The highest BCUT2D eigenvalue weighted by Gasteiger charge is 2.01. The number of hydrogen-bond acceptors (Lipinski definition) is 2. The van der Waals surface area contributed by atoms with Crippen LogP contribution in [0, 0.1) is 0 Å². The van der Waals surface area contributed by atoms with E-state index in [0.29, 0.717) is 0 Å². The molecule has 0 spiro atoms. The Morgan fingerprint density at radius 1 is 1.12 bits per heavy atom. The molecule has 1 aromatic heterocycles. The monoisotopic (exact) mass is 215 g/mol. The number of nitrogens with one attached hydrogen (secondary N) is 1. The fourth-order valence-corrected chi connectivity index (χ4v) is 1.75. The average Bonchev–Trinajstić information content (AvgIpc) is 2.74. The van der Waals surface area contributed by atoms with Crippen LogP contribution < -0.4 is 5.73 Å². The summed E-state index contributed by atoms with van der Waals surface area (Å²) in [5.74, 6) is 0. The largest absolute Gasteiger partial charge is 0.399 e. The maximum absolute atomic E-state index is 5.65. The first-order chi connectivity index (χ1) is 7.74. The smallest absolute Gasteiger partial charge is 0.0385 e. The highest BCUT2D eigenvalue weighted by Crippen LogP contribution is 2.09. The Kier molecular flexibility index (Phi) is 3.27. The third-order valence-electron chi connectivity index (χ3n) is 2.53. The van der Waals surface area contributed by atoms with E-state index in [-0.39, 0.29) is 0 Å². The van der Waals surface area contributed by atoms with Crippen molar-refractivity contribution < 1.29 is 0 Å². The zero-order valence-corrected chi connectivity index (χ0v) is 9.48. The van der Waals surface area contributed by atoms with Crippen molar-refractivity contribution in [2.45, 2.75) is 13.1 Å². The van der Waals surface area contributed by atoms with Crippen LogP contribution in [0.15, 0.2) is 42.6 Å². The lowest BCUT2D eigenvalue weighted by Gasteiger charge is -2.15. The number of benzene rings is 1.